The van der Waals surface area contributed by atoms with Gasteiger partial charge in [-0.2, -0.15) is 5.10 Å². The van der Waals surface area contributed by atoms with Crippen LogP contribution in [0.5, 0.6) is 0 Å². The topological polar surface area (TPSA) is 56.6 Å². The molecule has 37 heavy (non-hydrogen) atoms. The van der Waals surface area contributed by atoms with Gasteiger partial charge >= 0.3 is 6.09 Å². The molecule has 5 rings (SSSR count). The molecule has 198 valence electrons. The molecule has 1 amide bonds. The maximum Gasteiger partial charge on any atom is 0.410 e. The monoisotopic (exact) mass is 507 g/mol. The highest BCUT2D eigenvalue weighted by atomic mass is 19.1. The lowest BCUT2D eigenvalue weighted by molar-refractivity contribution is -0.00938. The Morgan fingerprint density at radius 3 is 2.46 bits per heavy atom. The summed E-state index contributed by atoms with van der Waals surface area (Å²) in [7, 11) is 0. The first-order chi connectivity index (χ1) is 17.5. The van der Waals surface area contributed by atoms with Gasteiger partial charge in [0.05, 0.1) is 30.5 Å². The lowest BCUT2D eigenvalue weighted by Gasteiger charge is -2.42. The number of rotatable bonds is 6. The van der Waals surface area contributed by atoms with E-state index in [-0.39, 0.29) is 23.4 Å². The number of aryl methyl sites for hydroxylation is 1. The van der Waals surface area contributed by atoms with Gasteiger partial charge < -0.3 is 14.4 Å². The van der Waals surface area contributed by atoms with Gasteiger partial charge in [0, 0.05) is 29.5 Å². The summed E-state index contributed by atoms with van der Waals surface area (Å²) >= 11 is 0. The van der Waals surface area contributed by atoms with E-state index in [1.807, 2.05) is 39.1 Å². The van der Waals surface area contributed by atoms with Crippen molar-refractivity contribution < 1.29 is 18.7 Å². The molecular weight excluding hydrogens is 469 g/mol. The highest BCUT2D eigenvalue weighted by Crippen LogP contribution is 2.41. The van der Waals surface area contributed by atoms with E-state index in [4.69, 9.17) is 9.47 Å². The lowest BCUT2D eigenvalue weighted by atomic mass is 9.73. The number of carbonyl (C=O) groups is 1. The summed E-state index contributed by atoms with van der Waals surface area (Å²) in [5.41, 5.74) is 3.69. The number of amides is 1. The summed E-state index contributed by atoms with van der Waals surface area (Å²) in [6.45, 7) is 11.5. The Hall–Kier alpha value is -2.93. The number of likely N-dealkylation sites (tertiary alicyclic amines) is 1. The largest absolute Gasteiger partial charge is 0.444 e. The van der Waals surface area contributed by atoms with E-state index in [9.17, 15) is 9.18 Å². The van der Waals surface area contributed by atoms with E-state index in [1.54, 1.807) is 4.90 Å². The van der Waals surface area contributed by atoms with Crippen LogP contribution >= 0.6 is 0 Å². The Bertz CT molecular complexity index is 1270. The Labute approximate surface area is 218 Å². The van der Waals surface area contributed by atoms with Crippen molar-refractivity contribution >= 4 is 17.0 Å². The molecule has 0 N–H and O–H groups in total. The number of ether oxygens (including phenoxy) is 2. The quantitative estimate of drug-likeness (QED) is 0.366. The number of piperidine rings is 1. The van der Waals surface area contributed by atoms with Crippen LogP contribution in [0.2, 0.25) is 0 Å². The van der Waals surface area contributed by atoms with Crippen LogP contribution in [0.3, 0.4) is 0 Å². The molecule has 3 aromatic rings. The summed E-state index contributed by atoms with van der Waals surface area (Å²) in [6.07, 6.45) is 5.30. The van der Waals surface area contributed by atoms with Crippen molar-refractivity contribution in [3.05, 3.63) is 65.1 Å². The van der Waals surface area contributed by atoms with E-state index in [2.05, 4.69) is 35.8 Å². The van der Waals surface area contributed by atoms with Crippen LogP contribution in [0.25, 0.3) is 10.9 Å². The molecule has 2 aromatic carbocycles. The van der Waals surface area contributed by atoms with Crippen LogP contribution in [-0.4, -0.2) is 46.1 Å². The van der Waals surface area contributed by atoms with Gasteiger partial charge in [0.25, 0.3) is 0 Å². The van der Waals surface area contributed by atoms with Crippen LogP contribution in [0.15, 0.2) is 42.6 Å². The fraction of sp³-hybridized carbons (Fsp3) is 0.533. The van der Waals surface area contributed by atoms with Crippen molar-refractivity contribution in [1.29, 1.82) is 0 Å². The number of aromatic nitrogens is 2. The molecule has 6 nitrogen and oxygen atoms in total. The second-order valence-electron chi connectivity index (χ2n) is 11.8. The number of halogens is 1. The Morgan fingerprint density at radius 2 is 1.84 bits per heavy atom. The van der Waals surface area contributed by atoms with Crippen molar-refractivity contribution in [2.75, 3.05) is 19.7 Å². The normalized spacial score (nSPS) is 18.7. The molecule has 2 fully saturated rings. The molecule has 2 aliphatic rings. The van der Waals surface area contributed by atoms with Gasteiger partial charge in [-0.15, -0.1) is 0 Å². The zero-order valence-corrected chi connectivity index (χ0v) is 22.6. The fourth-order valence-electron chi connectivity index (χ4n) is 5.42. The van der Waals surface area contributed by atoms with Crippen molar-refractivity contribution in [2.24, 2.45) is 0 Å². The Balaban J connectivity index is 1.38. The molecule has 7 heteroatoms. The lowest BCUT2D eigenvalue weighted by Crippen LogP contribution is -2.48. The molecule has 1 saturated heterocycles. The SMILES string of the molecule is Cc1cc(C(C)OCC2(c3ccc(F)cc3)CCN(C(=O)OC(C)(C)C)CC2)c2c(cnn2C2CC2)c1. The fourth-order valence-corrected chi connectivity index (χ4v) is 5.42. The number of fused-ring (bicyclic) bond motifs is 1. The highest BCUT2D eigenvalue weighted by molar-refractivity contribution is 5.83. The third-order valence-corrected chi connectivity index (χ3v) is 7.63. The maximum absolute atomic E-state index is 13.8. The number of carbonyl (C=O) groups excluding carboxylic acids is 1. The average molecular weight is 508 g/mol. The maximum atomic E-state index is 13.8. The first-order valence-electron chi connectivity index (χ1n) is 13.4. The van der Waals surface area contributed by atoms with Crippen molar-refractivity contribution in [1.82, 2.24) is 14.7 Å². The van der Waals surface area contributed by atoms with Crippen molar-refractivity contribution in [3.63, 3.8) is 0 Å². The average Bonchev–Trinajstić information content (AvgIpc) is 3.61. The van der Waals surface area contributed by atoms with Gasteiger partial charge in [-0.25, -0.2) is 9.18 Å². The minimum atomic E-state index is -0.534. The molecule has 1 saturated carbocycles. The number of hydrogen-bond donors (Lipinski definition) is 0. The first kappa shape index (κ1) is 25.7. The molecule has 1 atom stereocenters. The third-order valence-electron chi connectivity index (χ3n) is 7.63. The zero-order valence-electron chi connectivity index (χ0n) is 22.6. The van der Waals surface area contributed by atoms with Crippen LogP contribution in [0.4, 0.5) is 9.18 Å². The molecule has 1 aliphatic carbocycles. The van der Waals surface area contributed by atoms with Crippen molar-refractivity contribution in [2.45, 2.75) is 83.5 Å². The smallest absolute Gasteiger partial charge is 0.410 e. The van der Waals surface area contributed by atoms with E-state index < -0.39 is 5.60 Å². The van der Waals surface area contributed by atoms with Gasteiger partial charge in [0.15, 0.2) is 0 Å². The summed E-state index contributed by atoms with van der Waals surface area (Å²) in [6, 6.07) is 11.6. The number of hydrogen-bond acceptors (Lipinski definition) is 4. The third kappa shape index (κ3) is 5.52. The predicted molar refractivity (Wildman–Crippen MR) is 142 cm³/mol. The Kier molecular flexibility index (Phi) is 6.77. The molecule has 2 heterocycles. The molecule has 0 spiro atoms. The van der Waals surface area contributed by atoms with E-state index in [0.717, 1.165) is 22.0 Å². The van der Waals surface area contributed by atoms with Gasteiger partial charge in [-0.05, 0) is 89.6 Å². The molecular formula is C30H38FN3O3. The van der Waals surface area contributed by atoms with Gasteiger partial charge in [0.1, 0.15) is 11.4 Å². The zero-order chi connectivity index (χ0) is 26.4. The summed E-state index contributed by atoms with van der Waals surface area (Å²) in [5, 5.41) is 5.84. The predicted octanol–water partition coefficient (Wildman–Crippen LogP) is 6.87. The standard InChI is InChI=1S/C30H38FN3O3/c1-20-16-22-18-32-34(25-10-11-25)27(22)26(17-20)21(2)36-19-30(23-6-8-24(31)9-7-23)12-14-33(15-13-30)28(35)37-29(3,4)5/h6-9,16-18,21,25H,10-15,19H2,1-5H3. The molecule has 1 aromatic heterocycles. The summed E-state index contributed by atoms with van der Waals surface area (Å²) in [4.78, 5) is 14.5. The molecule has 0 radical (unpaired) electrons. The number of nitrogens with zero attached hydrogens (tertiary/aromatic N) is 3. The minimum Gasteiger partial charge on any atom is -0.444 e. The summed E-state index contributed by atoms with van der Waals surface area (Å²) in [5.74, 6) is -0.255. The first-order valence-corrected chi connectivity index (χ1v) is 13.4. The molecule has 1 aliphatic heterocycles. The van der Waals surface area contributed by atoms with Gasteiger partial charge in [-0.3, -0.25) is 4.68 Å². The Morgan fingerprint density at radius 1 is 1.16 bits per heavy atom. The van der Waals surface area contributed by atoms with Gasteiger partial charge in [-0.1, -0.05) is 18.2 Å². The van der Waals surface area contributed by atoms with E-state index in [1.165, 1.54) is 30.5 Å². The van der Waals surface area contributed by atoms with Crippen LogP contribution in [0.1, 0.15) is 82.2 Å². The van der Waals surface area contributed by atoms with Crippen LogP contribution < -0.4 is 0 Å². The van der Waals surface area contributed by atoms with E-state index >= 15 is 0 Å². The number of benzene rings is 2. The van der Waals surface area contributed by atoms with Crippen LogP contribution in [0, 0.1) is 12.7 Å². The molecule has 0 bridgehead atoms. The van der Waals surface area contributed by atoms with Gasteiger partial charge in [0.2, 0.25) is 0 Å². The van der Waals surface area contributed by atoms with E-state index in [0.29, 0.717) is 38.6 Å². The minimum absolute atomic E-state index is 0.141. The second-order valence-corrected chi connectivity index (χ2v) is 11.8. The summed E-state index contributed by atoms with van der Waals surface area (Å²) < 4.78 is 28.2. The van der Waals surface area contributed by atoms with Crippen LogP contribution in [-0.2, 0) is 14.9 Å². The highest BCUT2D eigenvalue weighted by Gasteiger charge is 2.39. The van der Waals surface area contributed by atoms with Crippen molar-refractivity contribution in [3.8, 4) is 0 Å². The second kappa shape index (κ2) is 9.75. The molecule has 1 unspecified atom stereocenters.